The van der Waals surface area contributed by atoms with Crippen molar-refractivity contribution >= 4 is 23.2 Å². The van der Waals surface area contributed by atoms with E-state index in [1.54, 1.807) is 0 Å². The number of rotatable bonds is 4. The zero-order valence-electron chi connectivity index (χ0n) is 9.93. The van der Waals surface area contributed by atoms with Crippen LogP contribution in [0.3, 0.4) is 0 Å². The second-order valence-corrected chi connectivity index (χ2v) is 4.93. The van der Waals surface area contributed by atoms with Crippen LogP contribution >= 0.6 is 11.6 Å². The van der Waals surface area contributed by atoms with Crippen LogP contribution in [0.1, 0.15) is 6.92 Å². The van der Waals surface area contributed by atoms with Gasteiger partial charge in [-0.25, -0.2) is 4.39 Å². The molecule has 0 saturated carbocycles. The van der Waals surface area contributed by atoms with Crippen molar-refractivity contribution in [2.75, 3.05) is 25.0 Å². The minimum atomic E-state index is -0.564. The number of amides is 1. The molecule has 1 fully saturated rings. The van der Waals surface area contributed by atoms with Crippen LogP contribution in [0.4, 0.5) is 10.1 Å². The van der Waals surface area contributed by atoms with E-state index in [-0.39, 0.29) is 23.1 Å². The van der Waals surface area contributed by atoms with Gasteiger partial charge in [-0.05, 0) is 25.1 Å². The van der Waals surface area contributed by atoms with E-state index in [9.17, 15) is 9.18 Å². The van der Waals surface area contributed by atoms with E-state index >= 15 is 0 Å². The molecule has 4 nitrogen and oxygen atoms in total. The summed E-state index contributed by atoms with van der Waals surface area (Å²) in [5.74, 6) is -0.879. The maximum Gasteiger partial charge on any atom is 0.250 e. The van der Waals surface area contributed by atoms with Crippen molar-refractivity contribution in [1.82, 2.24) is 5.32 Å². The Morgan fingerprint density at radius 2 is 2.33 bits per heavy atom. The molecule has 0 aliphatic carbocycles. The predicted octanol–water partition coefficient (Wildman–Crippen LogP) is 1.80. The molecule has 1 aromatic rings. The van der Waals surface area contributed by atoms with Crippen LogP contribution in [0.5, 0.6) is 0 Å². The molecule has 0 aromatic heterocycles. The molecule has 18 heavy (non-hydrogen) atoms. The highest BCUT2D eigenvalue weighted by Crippen LogP contribution is 2.19. The molecule has 0 bridgehead atoms. The first-order valence-electron chi connectivity index (χ1n) is 5.58. The Balaban J connectivity index is 1.85. The number of carbonyl (C=O) groups excluding carboxylic acids is 1. The van der Waals surface area contributed by atoms with Crippen molar-refractivity contribution in [2.24, 2.45) is 0 Å². The number of nitrogens with one attached hydrogen (secondary N) is 2. The van der Waals surface area contributed by atoms with Gasteiger partial charge in [0.05, 0.1) is 10.6 Å². The normalized spacial score (nSPS) is 17.1. The van der Waals surface area contributed by atoms with E-state index in [4.69, 9.17) is 16.3 Å². The Bertz CT molecular complexity index is 463. The number of anilines is 1. The van der Waals surface area contributed by atoms with Crippen LogP contribution in [-0.2, 0) is 9.53 Å². The second-order valence-electron chi connectivity index (χ2n) is 4.52. The lowest BCUT2D eigenvalue weighted by molar-refractivity contribution is -0.130. The fourth-order valence-corrected chi connectivity index (χ4v) is 1.71. The Labute approximate surface area is 109 Å². The summed E-state index contributed by atoms with van der Waals surface area (Å²) < 4.78 is 18.6. The Kier molecular flexibility index (Phi) is 3.85. The lowest BCUT2D eigenvalue weighted by Gasteiger charge is -2.38. The van der Waals surface area contributed by atoms with Crippen LogP contribution < -0.4 is 10.6 Å². The molecule has 0 unspecified atom stereocenters. The van der Waals surface area contributed by atoms with Gasteiger partial charge in [-0.2, -0.15) is 0 Å². The first-order chi connectivity index (χ1) is 8.48. The standard InChI is InChI=1S/C12H14ClFN2O2/c1-12(6-15-7-12)18-5-11(17)16-8-2-3-9(13)10(14)4-8/h2-4,15H,5-7H2,1H3,(H,16,17). The Hall–Kier alpha value is -1.17. The lowest BCUT2D eigenvalue weighted by Crippen LogP contribution is -2.59. The number of hydrogen-bond donors (Lipinski definition) is 2. The number of hydrogen-bond acceptors (Lipinski definition) is 3. The summed E-state index contributed by atoms with van der Waals surface area (Å²) in [4.78, 5) is 11.6. The first-order valence-corrected chi connectivity index (χ1v) is 5.96. The van der Waals surface area contributed by atoms with Crippen molar-refractivity contribution in [1.29, 1.82) is 0 Å². The van der Waals surface area contributed by atoms with Crippen molar-refractivity contribution in [2.45, 2.75) is 12.5 Å². The smallest absolute Gasteiger partial charge is 0.250 e. The molecule has 2 N–H and O–H groups in total. The second kappa shape index (κ2) is 5.22. The van der Waals surface area contributed by atoms with Gasteiger partial charge < -0.3 is 15.4 Å². The van der Waals surface area contributed by atoms with Crippen LogP contribution in [0.15, 0.2) is 18.2 Å². The van der Waals surface area contributed by atoms with E-state index in [1.807, 2.05) is 6.92 Å². The number of ether oxygens (including phenoxy) is 1. The average Bonchev–Trinajstić information content (AvgIpc) is 2.29. The Morgan fingerprint density at radius 3 is 2.89 bits per heavy atom. The zero-order chi connectivity index (χ0) is 13.2. The van der Waals surface area contributed by atoms with Gasteiger partial charge in [-0.3, -0.25) is 4.79 Å². The monoisotopic (exact) mass is 272 g/mol. The highest BCUT2D eigenvalue weighted by Gasteiger charge is 2.32. The summed E-state index contributed by atoms with van der Waals surface area (Å²) >= 11 is 5.55. The largest absolute Gasteiger partial charge is 0.363 e. The summed E-state index contributed by atoms with van der Waals surface area (Å²) in [6.45, 7) is 3.34. The molecular weight excluding hydrogens is 259 g/mol. The molecule has 0 spiro atoms. The topological polar surface area (TPSA) is 50.4 Å². The molecule has 0 radical (unpaired) electrons. The van der Waals surface area contributed by atoms with Crippen molar-refractivity contribution in [3.05, 3.63) is 29.0 Å². The van der Waals surface area contributed by atoms with E-state index in [0.29, 0.717) is 5.69 Å². The van der Waals surface area contributed by atoms with Gasteiger partial charge in [0, 0.05) is 18.8 Å². The van der Waals surface area contributed by atoms with Gasteiger partial charge in [0.25, 0.3) is 0 Å². The number of benzene rings is 1. The van der Waals surface area contributed by atoms with E-state index in [2.05, 4.69) is 10.6 Å². The summed E-state index contributed by atoms with van der Waals surface area (Å²) in [5, 5.41) is 5.64. The number of halogens is 2. The van der Waals surface area contributed by atoms with Crippen LogP contribution in [0.25, 0.3) is 0 Å². The molecule has 2 rings (SSSR count). The fraction of sp³-hybridized carbons (Fsp3) is 0.417. The van der Waals surface area contributed by atoms with Crippen LogP contribution in [-0.4, -0.2) is 31.2 Å². The highest BCUT2D eigenvalue weighted by molar-refractivity contribution is 6.30. The molecule has 1 saturated heterocycles. The molecule has 1 aromatic carbocycles. The SMILES string of the molecule is CC1(OCC(=O)Nc2ccc(Cl)c(F)c2)CNC1. The molecule has 6 heteroatoms. The van der Waals surface area contributed by atoms with Crippen molar-refractivity contribution in [3.63, 3.8) is 0 Å². The molecular formula is C12H14ClFN2O2. The third-order valence-electron chi connectivity index (χ3n) is 2.75. The molecule has 1 heterocycles. The van der Waals surface area contributed by atoms with E-state index in [1.165, 1.54) is 18.2 Å². The minimum Gasteiger partial charge on any atom is -0.363 e. The molecule has 1 aliphatic rings. The van der Waals surface area contributed by atoms with Gasteiger partial charge >= 0.3 is 0 Å². The van der Waals surface area contributed by atoms with Gasteiger partial charge in [-0.15, -0.1) is 0 Å². The first kappa shape index (κ1) is 13.3. The average molecular weight is 273 g/mol. The quantitative estimate of drug-likeness (QED) is 0.879. The summed E-state index contributed by atoms with van der Waals surface area (Å²) in [7, 11) is 0. The fourth-order valence-electron chi connectivity index (χ4n) is 1.59. The predicted molar refractivity (Wildman–Crippen MR) is 67.3 cm³/mol. The molecule has 1 amide bonds. The van der Waals surface area contributed by atoms with E-state index < -0.39 is 5.82 Å². The number of carbonyl (C=O) groups is 1. The molecule has 0 atom stereocenters. The van der Waals surface area contributed by atoms with Gasteiger partial charge in [0.15, 0.2) is 0 Å². The van der Waals surface area contributed by atoms with Crippen molar-refractivity contribution in [3.8, 4) is 0 Å². The maximum atomic E-state index is 13.1. The van der Waals surface area contributed by atoms with Crippen molar-refractivity contribution < 1.29 is 13.9 Å². The summed E-state index contributed by atoms with van der Waals surface area (Å²) in [6, 6.07) is 4.10. The maximum absolute atomic E-state index is 13.1. The van der Waals surface area contributed by atoms with Gasteiger partial charge in [0.1, 0.15) is 12.4 Å². The Morgan fingerprint density at radius 1 is 1.61 bits per heavy atom. The van der Waals surface area contributed by atoms with Gasteiger partial charge in [0.2, 0.25) is 5.91 Å². The van der Waals surface area contributed by atoms with E-state index in [0.717, 1.165) is 13.1 Å². The van der Waals surface area contributed by atoms with Crippen LogP contribution in [0, 0.1) is 5.82 Å². The summed E-state index contributed by atoms with van der Waals surface area (Å²) in [6.07, 6.45) is 0. The van der Waals surface area contributed by atoms with Gasteiger partial charge in [-0.1, -0.05) is 11.6 Å². The highest BCUT2D eigenvalue weighted by atomic mass is 35.5. The summed E-state index contributed by atoms with van der Waals surface area (Å²) in [5.41, 5.74) is 0.0881. The lowest BCUT2D eigenvalue weighted by atomic mass is 10.0. The molecule has 98 valence electrons. The third kappa shape index (κ3) is 3.19. The third-order valence-corrected chi connectivity index (χ3v) is 3.06. The molecule has 1 aliphatic heterocycles. The zero-order valence-corrected chi connectivity index (χ0v) is 10.7. The van der Waals surface area contributed by atoms with Crippen LogP contribution in [0.2, 0.25) is 5.02 Å². The minimum absolute atomic E-state index is 0.0253.